The first-order chi connectivity index (χ1) is 11.7. The van der Waals surface area contributed by atoms with E-state index in [1.54, 1.807) is 18.3 Å². The zero-order chi connectivity index (χ0) is 16.8. The number of hydrogen-bond donors (Lipinski definition) is 2. The van der Waals surface area contributed by atoms with Crippen LogP contribution in [-0.4, -0.2) is 10.9 Å². The minimum atomic E-state index is -0.122. The Balaban J connectivity index is 1.49. The quantitative estimate of drug-likeness (QED) is 0.707. The molecule has 0 saturated heterocycles. The van der Waals surface area contributed by atoms with Crippen LogP contribution >= 0.6 is 11.6 Å². The van der Waals surface area contributed by atoms with E-state index < -0.39 is 0 Å². The summed E-state index contributed by atoms with van der Waals surface area (Å²) in [6, 6.07) is 18.8. The molecule has 1 aromatic heterocycles. The Labute approximate surface area is 145 Å². The van der Waals surface area contributed by atoms with Gasteiger partial charge in [0, 0.05) is 17.8 Å². The predicted octanol–water partition coefficient (Wildman–Crippen LogP) is 4.18. The fourth-order valence-corrected chi connectivity index (χ4v) is 2.33. The summed E-state index contributed by atoms with van der Waals surface area (Å²) in [4.78, 5) is 14.7. The van der Waals surface area contributed by atoms with Crippen molar-refractivity contribution in [3.63, 3.8) is 0 Å². The van der Waals surface area contributed by atoms with E-state index in [0.29, 0.717) is 23.9 Å². The number of hydrogen-bond acceptors (Lipinski definition) is 2. The van der Waals surface area contributed by atoms with Gasteiger partial charge in [-0.25, -0.2) is 0 Å². The van der Waals surface area contributed by atoms with Crippen LogP contribution in [0.3, 0.4) is 0 Å². The third-order valence-electron chi connectivity index (χ3n) is 3.54. The van der Waals surface area contributed by atoms with E-state index in [1.165, 1.54) is 0 Å². The molecule has 5 heteroatoms. The van der Waals surface area contributed by atoms with Crippen LogP contribution in [0.15, 0.2) is 66.9 Å². The van der Waals surface area contributed by atoms with Gasteiger partial charge in [0.15, 0.2) is 0 Å². The summed E-state index contributed by atoms with van der Waals surface area (Å²) in [5, 5.41) is 3.57. The minimum absolute atomic E-state index is 0.122. The normalized spacial score (nSPS) is 10.4. The third-order valence-corrected chi connectivity index (χ3v) is 3.79. The molecule has 3 rings (SSSR count). The van der Waals surface area contributed by atoms with Crippen LogP contribution in [0.4, 0.5) is 0 Å². The van der Waals surface area contributed by atoms with Gasteiger partial charge in [-0.15, -0.1) is 0 Å². The van der Waals surface area contributed by atoms with Crippen LogP contribution in [0.2, 0.25) is 5.02 Å². The Hall–Kier alpha value is -2.72. The van der Waals surface area contributed by atoms with Crippen molar-refractivity contribution in [2.75, 3.05) is 0 Å². The second kappa shape index (κ2) is 7.70. The highest BCUT2D eigenvalue weighted by atomic mass is 35.5. The van der Waals surface area contributed by atoms with Gasteiger partial charge in [0.25, 0.3) is 5.91 Å². The molecule has 0 spiro atoms. The predicted molar refractivity (Wildman–Crippen MR) is 94.2 cm³/mol. The molecule has 24 heavy (non-hydrogen) atoms. The van der Waals surface area contributed by atoms with Gasteiger partial charge in [0.2, 0.25) is 0 Å². The van der Waals surface area contributed by atoms with E-state index >= 15 is 0 Å². The second-order valence-electron chi connectivity index (χ2n) is 5.33. The summed E-state index contributed by atoms with van der Waals surface area (Å²) in [6.07, 6.45) is 1.72. The fraction of sp³-hybridized carbons (Fsp3) is 0.105. The Morgan fingerprint density at radius 3 is 2.38 bits per heavy atom. The van der Waals surface area contributed by atoms with Gasteiger partial charge >= 0.3 is 0 Å². The Kier molecular flexibility index (Phi) is 5.18. The number of aromatic amines is 1. The molecule has 0 aliphatic heterocycles. The molecule has 0 saturated carbocycles. The zero-order valence-electron chi connectivity index (χ0n) is 13.0. The van der Waals surface area contributed by atoms with Crippen LogP contribution in [-0.2, 0) is 13.2 Å². The molecule has 0 radical (unpaired) electrons. The molecule has 4 nitrogen and oxygen atoms in total. The number of H-pyrrole nitrogens is 1. The molecule has 0 bridgehead atoms. The van der Waals surface area contributed by atoms with E-state index in [-0.39, 0.29) is 5.91 Å². The molecule has 0 unspecified atom stereocenters. The van der Waals surface area contributed by atoms with Gasteiger partial charge in [0.1, 0.15) is 18.1 Å². The zero-order valence-corrected chi connectivity index (χ0v) is 13.7. The molecule has 0 fully saturated rings. The van der Waals surface area contributed by atoms with Crippen LogP contribution in [0.1, 0.15) is 21.6 Å². The van der Waals surface area contributed by atoms with Gasteiger partial charge in [-0.2, -0.15) is 0 Å². The summed E-state index contributed by atoms with van der Waals surface area (Å²) in [5.41, 5.74) is 2.62. The van der Waals surface area contributed by atoms with Crippen molar-refractivity contribution < 1.29 is 9.53 Å². The molecular weight excluding hydrogens is 324 g/mol. The summed E-state index contributed by atoms with van der Waals surface area (Å²) in [7, 11) is 0. The van der Waals surface area contributed by atoms with Gasteiger partial charge < -0.3 is 15.0 Å². The molecule has 0 aliphatic carbocycles. The number of benzene rings is 2. The summed E-state index contributed by atoms with van der Waals surface area (Å²) in [6.45, 7) is 0.954. The van der Waals surface area contributed by atoms with Crippen molar-refractivity contribution >= 4 is 17.5 Å². The summed E-state index contributed by atoms with van der Waals surface area (Å²) in [5.74, 6) is 0.660. The number of rotatable bonds is 6. The molecular formula is C19H17ClN2O2. The average molecular weight is 341 g/mol. The monoisotopic (exact) mass is 340 g/mol. The van der Waals surface area contributed by atoms with Crippen LogP contribution in [0.25, 0.3) is 0 Å². The maximum atomic E-state index is 11.9. The van der Waals surface area contributed by atoms with E-state index in [4.69, 9.17) is 16.3 Å². The fourth-order valence-electron chi connectivity index (χ4n) is 2.20. The maximum absolute atomic E-state index is 11.9. The van der Waals surface area contributed by atoms with Crippen molar-refractivity contribution in [3.8, 4) is 5.75 Å². The summed E-state index contributed by atoms with van der Waals surface area (Å²) >= 11 is 5.86. The molecule has 122 valence electrons. The first kappa shape index (κ1) is 16.1. The summed E-state index contributed by atoms with van der Waals surface area (Å²) < 4.78 is 5.74. The maximum Gasteiger partial charge on any atom is 0.267 e. The topological polar surface area (TPSA) is 54.1 Å². The second-order valence-corrected chi connectivity index (χ2v) is 5.76. The SMILES string of the molecule is O=C(NCc1ccc(OCc2ccc(Cl)cc2)cc1)c1ccc[nH]1. The Morgan fingerprint density at radius 2 is 1.71 bits per heavy atom. The number of ether oxygens (including phenoxy) is 1. The Morgan fingerprint density at radius 1 is 1.00 bits per heavy atom. The standard InChI is InChI=1S/C19H17ClN2O2/c20-16-7-3-15(4-8-16)13-24-17-9-5-14(6-10-17)12-22-19(23)18-2-1-11-21-18/h1-11,21H,12-13H2,(H,22,23). The van der Waals surface area contributed by atoms with Gasteiger partial charge in [-0.3, -0.25) is 4.79 Å². The Bertz CT molecular complexity index is 781. The highest BCUT2D eigenvalue weighted by Crippen LogP contribution is 2.15. The van der Waals surface area contributed by atoms with Crippen LogP contribution in [0, 0.1) is 0 Å². The van der Waals surface area contributed by atoms with E-state index in [9.17, 15) is 4.79 Å². The van der Waals surface area contributed by atoms with E-state index in [0.717, 1.165) is 16.9 Å². The van der Waals surface area contributed by atoms with E-state index in [1.807, 2.05) is 48.5 Å². The molecule has 3 aromatic rings. The van der Waals surface area contributed by atoms with Crippen molar-refractivity contribution in [1.29, 1.82) is 0 Å². The number of nitrogens with one attached hydrogen (secondary N) is 2. The van der Waals surface area contributed by atoms with Crippen LogP contribution < -0.4 is 10.1 Å². The molecule has 2 N–H and O–H groups in total. The van der Waals surface area contributed by atoms with Crippen molar-refractivity contribution in [3.05, 3.63) is 88.7 Å². The number of carbonyl (C=O) groups is 1. The van der Waals surface area contributed by atoms with Crippen molar-refractivity contribution in [1.82, 2.24) is 10.3 Å². The lowest BCUT2D eigenvalue weighted by atomic mass is 10.2. The number of aromatic nitrogens is 1. The van der Waals surface area contributed by atoms with Crippen molar-refractivity contribution in [2.24, 2.45) is 0 Å². The van der Waals surface area contributed by atoms with Gasteiger partial charge in [-0.05, 0) is 47.5 Å². The lowest BCUT2D eigenvalue weighted by Crippen LogP contribution is -2.22. The van der Waals surface area contributed by atoms with Gasteiger partial charge in [-0.1, -0.05) is 35.9 Å². The lowest BCUT2D eigenvalue weighted by Gasteiger charge is -2.08. The first-order valence-electron chi connectivity index (χ1n) is 7.58. The molecule has 0 aliphatic rings. The lowest BCUT2D eigenvalue weighted by molar-refractivity contribution is 0.0946. The minimum Gasteiger partial charge on any atom is -0.489 e. The molecule has 2 aromatic carbocycles. The third kappa shape index (κ3) is 4.40. The number of carbonyl (C=O) groups excluding carboxylic acids is 1. The molecule has 1 amide bonds. The van der Waals surface area contributed by atoms with Crippen molar-refractivity contribution in [2.45, 2.75) is 13.2 Å². The van der Waals surface area contributed by atoms with E-state index in [2.05, 4.69) is 10.3 Å². The number of amides is 1. The highest BCUT2D eigenvalue weighted by Gasteiger charge is 2.05. The average Bonchev–Trinajstić information content (AvgIpc) is 3.15. The smallest absolute Gasteiger partial charge is 0.267 e. The number of halogens is 1. The van der Waals surface area contributed by atoms with Gasteiger partial charge in [0.05, 0.1) is 0 Å². The molecule has 1 heterocycles. The molecule has 0 atom stereocenters. The highest BCUT2D eigenvalue weighted by molar-refractivity contribution is 6.30. The van der Waals surface area contributed by atoms with Crippen LogP contribution in [0.5, 0.6) is 5.75 Å². The largest absolute Gasteiger partial charge is 0.489 e. The first-order valence-corrected chi connectivity index (χ1v) is 7.96.